The third-order valence-corrected chi connectivity index (χ3v) is 3.72. The maximum atomic E-state index is 12.5. The molecule has 1 unspecified atom stereocenters. The summed E-state index contributed by atoms with van der Waals surface area (Å²) in [5.74, 6) is -0.188. The Hall–Kier alpha value is -1.26. The SMILES string of the molecule is CC1CCCN(C(=O)N(CCC(=O)O)C(C)C)CC1. The molecule has 0 bridgehead atoms. The van der Waals surface area contributed by atoms with Crippen LogP contribution in [0.5, 0.6) is 0 Å². The van der Waals surface area contributed by atoms with Gasteiger partial charge in [-0.05, 0) is 39.0 Å². The molecule has 5 heteroatoms. The van der Waals surface area contributed by atoms with Crippen LogP contribution in [0, 0.1) is 5.92 Å². The van der Waals surface area contributed by atoms with Crippen molar-refractivity contribution in [2.45, 2.75) is 52.5 Å². The maximum absolute atomic E-state index is 12.5. The Morgan fingerprint density at radius 2 is 2.00 bits per heavy atom. The van der Waals surface area contributed by atoms with Gasteiger partial charge in [-0.1, -0.05) is 6.92 Å². The lowest BCUT2D eigenvalue weighted by Gasteiger charge is -2.32. The first kappa shape index (κ1) is 15.8. The van der Waals surface area contributed by atoms with E-state index in [4.69, 9.17) is 5.11 Å². The first-order valence-electron chi connectivity index (χ1n) is 7.19. The van der Waals surface area contributed by atoms with Crippen molar-refractivity contribution in [1.29, 1.82) is 0 Å². The van der Waals surface area contributed by atoms with Gasteiger partial charge in [0.15, 0.2) is 0 Å². The second-order valence-corrected chi connectivity index (χ2v) is 5.74. The molecule has 1 saturated heterocycles. The second kappa shape index (κ2) is 7.36. The van der Waals surface area contributed by atoms with Gasteiger partial charge in [0.05, 0.1) is 6.42 Å². The first-order valence-corrected chi connectivity index (χ1v) is 7.19. The van der Waals surface area contributed by atoms with Crippen molar-refractivity contribution in [3.63, 3.8) is 0 Å². The molecule has 110 valence electrons. The number of aliphatic carboxylic acids is 1. The minimum absolute atomic E-state index is 0.00810. The Labute approximate surface area is 115 Å². The van der Waals surface area contributed by atoms with Crippen LogP contribution in [0.15, 0.2) is 0 Å². The van der Waals surface area contributed by atoms with Gasteiger partial charge in [-0.3, -0.25) is 4.79 Å². The van der Waals surface area contributed by atoms with Crippen LogP contribution < -0.4 is 0 Å². The van der Waals surface area contributed by atoms with Gasteiger partial charge < -0.3 is 14.9 Å². The van der Waals surface area contributed by atoms with Crippen LogP contribution in [0.2, 0.25) is 0 Å². The Morgan fingerprint density at radius 3 is 2.58 bits per heavy atom. The number of carbonyl (C=O) groups excluding carboxylic acids is 1. The van der Waals surface area contributed by atoms with Crippen molar-refractivity contribution < 1.29 is 14.7 Å². The standard InChI is InChI=1S/C14H26N2O3/c1-11(2)16(10-7-13(17)18)14(19)15-8-4-5-12(3)6-9-15/h11-12H,4-10H2,1-3H3,(H,17,18). The lowest BCUT2D eigenvalue weighted by atomic mass is 10.0. The van der Waals surface area contributed by atoms with Gasteiger partial charge in [0.1, 0.15) is 0 Å². The zero-order chi connectivity index (χ0) is 14.4. The van der Waals surface area contributed by atoms with E-state index in [0.717, 1.165) is 25.9 Å². The molecular weight excluding hydrogens is 244 g/mol. The van der Waals surface area contributed by atoms with Crippen LogP contribution in [-0.4, -0.2) is 52.6 Å². The average molecular weight is 270 g/mol. The van der Waals surface area contributed by atoms with E-state index in [2.05, 4.69) is 6.92 Å². The van der Waals surface area contributed by atoms with E-state index in [1.165, 1.54) is 6.42 Å². The highest BCUT2D eigenvalue weighted by atomic mass is 16.4. The second-order valence-electron chi connectivity index (χ2n) is 5.74. The van der Waals surface area contributed by atoms with E-state index < -0.39 is 5.97 Å². The summed E-state index contributed by atoms with van der Waals surface area (Å²) in [4.78, 5) is 26.7. The fraction of sp³-hybridized carbons (Fsp3) is 0.857. The van der Waals surface area contributed by atoms with E-state index >= 15 is 0 Å². The van der Waals surface area contributed by atoms with Gasteiger partial charge in [-0.2, -0.15) is 0 Å². The Balaban J connectivity index is 2.61. The summed E-state index contributed by atoms with van der Waals surface area (Å²) in [6.45, 7) is 7.95. The number of amides is 2. The van der Waals surface area contributed by atoms with Gasteiger partial charge in [0.2, 0.25) is 0 Å². The first-order chi connectivity index (χ1) is 8.91. The minimum Gasteiger partial charge on any atom is -0.481 e. The number of carboxylic acid groups (broad SMARTS) is 1. The van der Waals surface area contributed by atoms with Crippen molar-refractivity contribution in [1.82, 2.24) is 9.80 Å². The van der Waals surface area contributed by atoms with Crippen LogP contribution >= 0.6 is 0 Å². The van der Waals surface area contributed by atoms with Crippen LogP contribution in [0.3, 0.4) is 0 Å². The predicted molar refractivity (Wildman–Crippen MR) is 74.1 cm³/mol. The molecule has 5 nitrogen and oxygen atoms in total. The fourth-order valence-corrected chi connectivity index (χ4v) is 2.43. The summed E-state index contributed by atoms with van der Waals surface area (Å²) in [5, 5.41) is 8.76. The zero-order valence-electron chi connectivity index (χ0n) is 12.3. The van der Waals surface area contributed by atoms with Gasteiger partial charge in [0.25, 0.3) is 0 Å². The summed E-state index contributed by atoms with van der Waals surface area (Å²) < 4.78 is 0. The highest BCUT2D eigenvalue weighted by Gasteiger charge is 2.25. The Kier molecular flexibility index (Phi) is 6.12. The third-order valence-electron chi connectivity index (χ3n) is 3.72. The van der Waals surface area contributed by atoms with Gasteiger partial charge in [0, 0.05) is 25.7 Å². The highest BCUT2D eigenvalue weighted by molar-refractivity contribution is 5.75. The quantitative estimate of drug-likeness (QED) is 0.853. The molecule has 0 radical (unpaired) electrons. The number of carboxylic acids is 1. The van der Waals surface area contributed by atoms with E-state index in [-0.39, 0.29) is 25.0 Å². The molecule has 0 aromatic rings. The molecule has 1 aliphatic heterocycles. The zero-order valence-corrected chi connectivity index (χ0v) is 12.3. The molecule has 0 aromatic carbocycles. The predicted octanol–water partition coefficient (Wildman–Crippen LogP) is 2.41. The number of likely N-dealkylation sites (tertiary alicyclic amines) is 1. The molecule has 0 saturated carbocycles. The maximum Gasteiger partial charge on any atom is 0.320 e. The van der Waals surface area contributed by atoms with Gasteiger partial charge in [-0.15, -0.1) is 0 Å². The molecule has 1 heterocycles. The molecule has 19 heavy (non-hydrogen) atoms. The van der Waals surface area contributed by atoms with Crippen molar-refractivity contribution in [3.8, 4) is 0 Å². The van der Waals surface area contributed by atoms with E-state index in [0.29, 0.717) is 5.92 Å². The minimum atomic E-state index is -0.858. The molecule has 0 aromatic heterocycles. The fourth-order valence-electron chi connectivity index (χ4n) is 2.43. The van der Waals surface area contributed by atoms with E-state index in [1.807, 2.05) is 18.7 Å². The monoisotopic (exact) mass is 270 g/mol. The number of hydrogen-bond acceptors (Lipinski definition) is 2. The Bertz CT molecular complexity index is 318. The Morgan fingerprint density at radius 1 is 1.32 bits per heavy atom. The smallest absolute Gasteiger partial charge is 0.320 e. The van der Waals surface area contributed by atoms with E-state index in [1.54, 1.807) is 4.90 Å². The molecule has 1 fully saturated rings. The summed E-state index contributed by atoms with van der Waals surface area (Å²) in [7, 11) is 0. The molecule has 0 spiro atoms. The average Bonchev–Trinajstić information content (AvgIpc) is 2.53. The molecule has 0 aliphatic carbocycles. The van der Waals surface area contributed by atoms with Gasteiger partial charge >= 0.3 is 12.0 Å². The number of carbonyl (C=O) groups is 2. The summed E-state index contributed by atoms with van der Waals surface area (Å²) in [6.07, 6.45) is 3.25. The van der Waals surface area contributed by atoms with Crippen LogP contribution in [0.25, 0.3) is 0 Å². The van der Waals surface area contributed by atoms with E-state index in [9.17, 15) is 9.59 Å². The van der Waals surface area contributed by atoms with Crippen molar-refractivity contribution in [2.75, 3.05) is 19.6 Å². The molecule has 1 atom stereocenters. The number of rotatable bonds is 4. The summed E-state index contributed by atoms with van der Waals surface area (Å²) >= 11 is 0. The summed E-state index contributed by atoms with van der Waals surface area (Å²) in [6, 6.07) is 0.0258. The van der Waals surface area contributed by atoms with Crippen LogP contribution in [0.1, 0.15) is 46.5 Å². The molecule has 1 aliphatic rings. The number of urea groups is 1. The topological polar surface area (TPSA) is 60.9 Å². The number of hydrogen-bond donors (Lipinski definition) is 1. The van der Waals surface area contributed by atoms with Crippen molar-refractivity contribution in [2.24, 2.45) is 5.92 Å². The molecular formula is C14H26N2O3. The number of nitrogens with zero attached hydrogens (tertiary/aromatic N) is 2. The van der Waals surface area contributed by atoms with Gasteiger partial charge in [-0.25, -0.2) is 4.79 Å². The lowest BCUT2D eigenvalue weighted by Crippen LogP contribution is -2.47. The largest absolute Gasteiger partial charge is 0.481 e. The molecule has 1 rings (SSSR count). The highest BCUT2D eigenvalue weighted by Crippen LogP contribution is 2.18. The van der Waals surface area contributed by atoms with Crippen molar-refractivity contribution in [3.05, 3.63) is 0 Å². The summed E-state index contributed by atoms with van der Waals surface area (Å²) in [5.41, 5.74) is 0. The third kappa shape index (κ3) is 5.09. The lowest BCUT2D eigenvalue weighted by molar-refractivity contribution is -0.137. The molecule has 1 N–H and O–H groups in total. The van der Waals surface area contributed by atoms with Crippen LogP contribution in [0.4, 0.5) is 4.79 Å². The van der Waals surface area contributed by atoms with Crippen LogP contribution in [-0.2, 0) is 4.79 Å². The molecule has 2 amide bonds. The van der Waals surface area contributed by atoms with Crippen molar-refractivity contribution >= 4 is 12.0 Å². The normalized spacial score (nSPS) is 20.2.